The summed E-state index contributed by atoms with van der Waals surface area (Å²) in [6.07, 6.45) is 4.71. The average Bonchev–Trinajstić information content (AvgIpc) is 3.07. The van der Waals surface area contributed by atoms with E-state index < -0.39 is 0 Å². The maximum absolute atomic E-state index is 12.3. The van der Waals surface area contributed by atoms with Crippen molar-refractivity contribution >= 4 is 23.8 Å². The van der Waals surface area contributed by atoms with Crippen molar-refractivity contribution in [3.63, 3.8) is 0 Å². The van der Waals surface area contributed by atoms with E-state index in [1.165, 1.54) is 28.7 Å². The number of ether oxygens (including phenoxy) is 1. The molecule has 0 radical (unpaired) electrons. The molecule has 4 rings (SSSR count). The zero-order valence-corrected chi connectivity index (χ0v) is 17.1. The van der Waals surface area contributed by atoms with Gasteiger partial charge in [-0.05, 0) is 80.2 Å². The fourth-order valence-electron chi connectivity index (χ4n) is 3.43. The Bertz CT molecular complexity index is 1070. The molecule has 0 saturated carbocycles. The molecule has 29 heavy (non-hydrogen) atoms. The standard InChI is InChI=1S/C22H23N3O3S/c1-15-6-9-18(10-7-15)23-20(26)13-25-22(29)28-21(24-25)14-27-19-11-8-16-4-2-3-5-17(16)12-19/h6-12H,2-5,13-14H2,1H3,(H,23,26). The van der Waals surface area contributed by atoms with Crippen molar-refractivity contribution in [3.05, 3.63) is 69.9 Å². The first-order chi connectivity index (χ1) is 14.1. The second-order valence-electron chi connectivity index (χ2n) is 7.26. The van der Waals surface area contributed by atoms with Crippen LogP contribution in [0.15, 0.2) is 46.9 Å². The van der Waals surface area contributed by atoms with Crippen LogP contribution in [0.5, 0.6) is 5.75 Å². The number of carbonyl (C=O) groups is 1. The van der Waals surface area contributed by atoms with Crippen LogP contribution in [0.1, 0.15) is 35.4 Å². The minimum atomic E-state index is -0.222. The quantitative estimate of drug-likeness (QED) is 0.602. The Morgan fingerprint density at radius 1 is 1.17 bits per heavy atom. The summed E-state index contributed by atoms with van der Waals surface area (Å²) >= 11 is 5.18. The van der Waals surface area contributed by atoms with E-state index in [1.807, 2.05) is 37.3 Å². The number of nitrogens with zero attached hydrogens (tertiary/aromatic N) is 2. The molecule has 1 aliphatic rings. The summed E-state index contributed by atoms with van der Waals surface area (Å²) in [5.41, 5.74) is 4.62. The van der Waals surface area contributed by atoms with Gasteiger partial charge in [-0.2, -0.15) is 0 Å². The second kappa shape index (κ2) is 8.61. The van der Waals surface area contributed by atoms with Crippen LogP contribution in [-0.2, 0) is 30.8 Å². The van der Waals surface area contributed by atoms with Crippen LogP contribution in [0.2, 0.25) is 0 Å². The molecule has 7 heteroatoms. The number of benzene rings is 2. The zero-order valence-electron chi connectivity index (χ0n) is 16.3. The minimum Gasteiger partial charge on any atom is -0.484 e. The monoisotopic (exact) mass is 409 g/mol. The molecule has 0 atom stereocenters. The molecule has 0 unspecified atom stereocenters. The lowest BCUT2D eigenvalue weighted by atomic mass is 9.92. The first-order valence-corrected chi connectivity index (χ1v) is 10.2. The minimum absolute atomic E-state index is 0.0188. The van der Waals surface area contributed by atoms with Crippen molar-refractivity contribution in [2.45, 2.75) is 45.8 Å². The van der Waals surface area contributed by atoms with Gasteiger partial charge in [0.2, 0.25) is 5.91 Å². The Labute approximate surface area is 174 Å². The molecule has 1 aromatic heterocycles. The highest BCUT2D eigenvalue weighted by molar-refractivity contribution is 7.71. The van der Waals surface area contributed by atoms with Crippen molar-refractivity contribution in [2.24, 2.45) is 0 Å². The molecule has 2 aromatic carbocycles. The molecule has 0 bridgehead atoms. The molecule has 1 heterocycles. The summed E-state index contributed by atoms with van der Waals surface area (Å²) in [5, 5.41) is 7.09. The van der Waals surface area contributed by atoms with Gasteiger partial charge in [-0.15, -0.1) is 5.10 Å². The third kappa shape index (κ3) is 4.92. The molecule has 150 valence electrons. The number of amides is 1. The van der Waals surface area contributed by atoms with Crippen molar-refractivity contribution in [2.75, 3.05) is 5.32 Å². The molecule has 0 saturated heterocycles. The molecule has 0 fully saturated rings. The van der Waals surface area contributed by atoms with Crippen LogP contribution in [-0.4, -0.2) is 15.7 Å². The van der Waals surface area contributed by atoms with Crippen molar-refractivity contribution < 1.29 is 13.9 Å². The van der Waals surface area contributed by atoms with Gasteiger partial charge in [0.1, 0.15) is 12.3 Å². The number of hydrogen-bond acceptors (Lipinski definition) is 5. The molecule has 6 nitrogen and oxygen atoms in total. The SMILES string of the molecule is Cc1ccc(NC(=O)Cn2nc(COc3ccc4c(c3)CCCC4)oc2=S)cc1. The predicted molar refractivity (Wildman–Crippen MR) is 113 cm³/mol. The smallest absolute Gasteiger partial charge is 0.287 e. The fraction of sp³-hybridized carbons (Fsp3) is 0.318. The van der Waals surface area contributed by atoms with Crippen LogP contribution in [0.3, 0.4) is 0 Å². The van der Waals surface area contributed by atoms with Gasteiger partial charge in [-0.3, -0.25) is 4.79 Å². The third-order valence-corrected chi connectivity index (χ3v) is 5.25. The summed E-state index contributed by atoms with van der Waals surface area (Å²) in [7, 11) is 0. The summed E-state index contributed by atoms with van der Waals surface area (Å²) in [6, 6.07) is 13.8. The lowest BCUT2D eigenvalue weighted by Crippen LogP contribution is -2.19. The molecule has 0 spiro atoms. The lowest BCUT2D eigenvalue weighted by Gasteiger charge is -2.16. The van der Waals surface area contributed by atoms with Crippen LogP contribution in [0, 0.1) is 11.8 Å². The maximum Gasteiger partial charge on any atom is 0.287 e. The topological polar surface area (TPSA) is 69.3 Å². The molecule has 0 aliphatic heterocycles. The van der Waals surface area contributed by atoms with E-state index in [-0.39, 0.29) is 23.9 Å². The fourth-order valence-corrected chi connectivity index (χ4v) is 3.63. The molecule has 3 aromatic rings. The van der Waals surface area contributed by atoms with E-state index in [4.69, 9.17) is 21.4 Å². The Kier molecular flexibility index (Phi) is 5.76. The van der Waals surface area contributed by atoms with Crippen LogP contribution < -0.4 is 10.1 Å². The highest BCUT2D eigenvalue weighted by Gasteiger charge is 2.13. The summed E-state index contributed by atoms with van der Waals surface area (Å²) in [6.45, 7) is 2.14. The van der Waals surface area contributed by atoms with E-state index in [2.05, 4.69) is 22.5 Å². The van der Waals surface area contributed by atoms with Gasteiger partial charge in [0.25, 0.3) is 10.7 Å². The largest absolute Gasteiger partial charge is 0.484 e. The van der Waals surface area contributed by atoms with Gasteiger partial charge >= 0.3 is 0 Å². The summed E-state index contributed by atoms with van der Waals surface area (Å²) in [4.78, 5) is 12.4. The van der Waals surface area contributed by atoms with Crippen molar-refractivity contribution in [3.8, 4) is 5.75 Å². The van der Waals surface area contributed by atoms with Crippen LogP contribution in [0.25, 0.3) is 0 Å². The van der Waals surface area contributed by atoms with Crippen LogP contribution in [0.4, 0.5) is 5.69 Å². The third-order valence-electron chi connectivity index (χ3n) is 4.96. The van der Waals surface area contributed by atoms with Gasteiger partial charge in [0.15, 0.2) is 6.61 Å². The Balaban J connectivity index is 1.36. The van der Waals surface area contributed by atoms with E-state index in [0.29, 0.717) is 5.89 Å². The van der Waals surface area contributed by atoms with Gasteiger partial charge < -0.3 is 14.5 Å². The molecule has 1 amide bonds. The van der Waals surface area contributed by atoms with Gasteiger partial charge in [0.05, 0.1) is 0 Å². The molecule has 1 aliphatic carbocycles. The average molecular weight is 410 g/mol. The number of rotatable bonds is 6. The Morgan fingerprint density at radius 3 is 2.72 bits per heavy atom. The summed E-state index contributed by atoms with van der Waals surface area (Å²) < 4.78 is 12.7. The molecular weight excluding hydrogens is 386 g/mol. The zero-order chi connectivity index (χ0) is 20.2. The number of aromatic nitrogens is 2. The van der Waals surface area contributed by atoms with Gasteiger partial charge in [-0.25, -0.2) is 4.68 Å². The van der Waals surface area contributed by atoms with E-state index >= 15 is 0 Å². The summed E-state index contributed by atoms with van der Waals surface area (Å²) in [5.74, 6) is 0.912. The van der Waals surface area contributed by atoms with Crippen LogP contribution >= 0.6 is 12.2 Å². The number of anilines is 1. The predicted octanol–water partition coefficient (Wildman–Crippen LogP) is 4.61. The number of aryl methyl sites for hydroxylation is 3. The van der Waals surface area contributed by atoms with Crippen molar-refractivity contribution in [1.29, 1.82) is 0 Å². The first kappa shape index (κ1) is 19.4. The van der Waals surface area contributed by atoms with E-state index in [0.717, 1.165) is 29.8 Å². The highest BCUT2D eigenvalue weighted by atomic mass is 32.1. The number of fused-ring (bicyclic) bond motifs is 1. The number of nitrogens with one attached hydrogen (secondary N) is 1. The second-order valence-corrected chi connectivity index (χ2v) is 7.61. The normalized spacial score (nSPS) is 13.0. The Morgan fingerprint density at radius 2 is 1.93 bits per heavy atom. The molecule has 1 N–H and O–H groups in total. The highest BCUT2D eigenvalue weighted by Crippen LogP contribution is 2.25. The maximum atomic E-state index is 12.3. The number of carbonyl (C=O) groups excluding carboxylic acids is 1. The van der Waals surface area contributed by atoms with Gasteiger partial charge in [0, 0.05) is 5.69 Å². The van der Waals surface area contributed by atoms with E-state index in [9.17, 15) is 4.79 Å². The number of hydrogen-bond donors (Lipinski definition) is 1. The Hall–Kier alpha value is -2.93. The van der Waals surface area contributed by atoms with Gasteiger partial charge in [-0.1, -0.05) is 23.8 Å². The lowest BCUT2D eigenvalue weighted by molar-refractivity contribution is -0.117. The molecular formula is C22H23N3O3S. The van der Waals surface area contributed by atoms with Crippen molar-refractivity contribution in [1.82, 2.24) is 9.78 Å². The first-order valence-electron chi connectivity index (χ1n) is 9.75. The van der Waals surface area contributed by atoms with E-state index in [1.54, 1.807) is 0 Å².